The monoisotopic (exact) mass is 304 g/mol. The summed E-state index contributed by atoms with van der Waals surface area (Å²) < 4.78 is 2.05. The van der Waals surface area contributed by atoms with E-state index in [0.717, 1.165) is 19.5 Å². The molecule has 2 aromatic rings. The SMILES string of the molecule is CCCn1nncc1C(NCC)c1cc2c(s1)CCCC2. The Balaban J connectivity index is 1.93. The minimum Gasteiger partial charge on any atom is -0.305 e. The number of hydrogen-bond donors (Lipinski definition) is 1. The zero-order valence-electron chi connectivity index (χ0n) is 12.9. The van der Waals surface area contributed by atoms with E-state index in [9.17, 15) is 0 Å². The van der Waals surface area contributed by atoms with Crippen molar-refractivity contribution >= 4 is 11.3 Å². The van der Waals surface area contributed by atoms with Crippen LogP contribution in [0.25, 0.3) is 0 Å². The van der Waals surface area contributed by atoms with Gasteiger partial charge in [0.25, 0.3) is 0 Å². The molecule has 0 amide bonds. The summed E-state index contributed by atoms with van der Waals surface area (Å²) in [4.78, 5) is 3.01. The summed E-state index contributed by atoms with van der Waals surface area (Å²) >= 11 is 1.98. The second kappa shape index (κ2) is 6.71. The fourth-order valence-electron chi connectivity index (χ4n) is 3.09. The van der Waals surface area contributed by atoms with Gasteiger partial charge in [0.15, 0.2) is 0 Å². The van der Waals surface area contributed by atoms with Crippen LogP contribution in [0.1, 0.15) is 60.2 Å². The highest BCUT2D eigenvalue weighted by Crippen LogP contribution is 2.35. The van der Waals surface area contributed by atoms with Gasteiger partial charge in [-0.05, 0) is 50.3 Å². The molecule has 0 spiro atoms. The molecule has 21 heavy (non-hydrogen) atoms. The summed E-state index contributed by atoms with van der Waals surface area (Å²) in [5, 5.41) is 12.0. The first-order chi connectivity index (χ1) is 10.3. The number of rotatable bonds is 6. The first-order valence-corrected chi connectivity index (χ1v) is 8.88. The predicted molar refractivity (Wildman–Crippen MR) is 86.8 cm³/mol. The van der Waals surface area contributed by atoms with E-state index >= 15 is 0 Å². The lowest BCUT2D eigenvalue weighted by molar-refractivity contribution is 0.514. The summed E-state index contributed by atoms with van der Waals surface area (Å²) in [6.07, 6.45) is 8.18. The summed E-state index contributed by atoms with van der Waals surface area (Å²) in [6.45, 7) is 6.22. The van der Waals surface area contributed by atoms with Crippen molar-refractivity contribution in [3.05, 3.63) is 33.3 Å². The fraction of sp³-hybridized carbons (Fsp3) is 0.625. The molecule has 1 N–H and O–H groups in total. The van der Waals surface area contributed by atoms with E-state index in [1.54, 1.807) is 10.4 Å². The Morgan fingerprint density at radius 3 is 2.95 bits per heavy atom. The van der Waals surface area contributed by atoms with Gasteiger partial charge in [0.2, 0.25) is 0 Å². The molecule has 1 aliphatic rings. The normalized spacial score (nSPS) is 15.9. The summed E-state index contributed by atoms with van der Waals surface area (Å²) in [5.74, 6) is 0. The third-order valence-electron chi connectivity index (χ3n) is 4.09. The molecule has 0 aliphatic heterocycles. The number of fused-ring (bicyclic) bond motifs is 1. The van der Waals surface area contributed by atoms with Gasteiger partial charge in [-0.3, -0.25) is 0 Å². The van der Waals surface area contributed by atoms with Crippen molar-refractivity contribution in [2.24, 2.45) is 0 Å². The van der Waals surface area contributed by atoms with Crippen LogP contribution in [0.15, 0.2) is 12.3 Å². The highest BCUT2D eigenvalue weighted by atomic mass is 32.1. The standard InChI is InChI=1S/C16H24N4S/c1-3-9-20-13(11-18-19-20)16(17-4-2)15-10-12-7-5-6-8-14(12)21-15/h10-11,16-17H,3-9H2,1-2H3. The number of thiophene rings is 1. The number of hydrogen-bond acceptors (Lipinski definition) is 4. The number of aryl methyl sites for hydroxylation is 3. The topological polar surface area (TPSA) is 42.7 Å². The lowest BCUT2D eigenvalue weighted by atomic mass is 9.98. The Labute approximate surface area is 130 Å². The molecule has 1 atom stereocenters. The van der Waals surface area contributed by atoms with Crippen LogP contribution < -0.4 is 5.32 Å². The van der Waals surface area contributed by atoms with Crippen molar-refractivity contribution in [2.45, 2.75) is 58.5 Å². The van der Waals surface area contributed by atoms with Gasteiger partial charge in [-0.15, -0.1) is 16.4 Å². The Hall–Kier alpha value is -1.20. The van der Waals surface area contributed by atoms with E-state index in [4.69, 9.17) is 0 Å². The van der Waals surface area contributed by atoms with E-state index in [2.05, 4.69) is 35.5 Å². The highest BCUT2D eigenvalue weighted by Gasteiger charge is 2.23. The quantitative estimate of drug-likeness (QED) is 0.890. The van der Waals surface area contributed by atoms with Crippen molar-refractivity contribution in [1.82, 2.24) is 20.3 Å². The molecule has 2 aromatic heterocycles. The van der Waals surface area contributed by atoms with Gasteiger partial charge in [0.1, 0.15) is 0 Å². The molecular weight excluding hydrogens is 280 g/mol. The van der Waals surface area contributed by atoms with Crippen LogP contribution in [0.4, 0.5) is 0 Å². The minimum atomic E-state index is 0.229. The van der Waals surface area contributed by atoms with E-state index in [1.807, 2.05) is 22.2 Å². The molecule has 0 saturated heterocycles. The molecule has 0 aromatic carbocycles. The Morgan fingerprint density at radius 2 is 2.19 bits per heavy atom. The first-order valence-electron chi connectivity index (χ1n) is 8.06. The van der Waals surface area contributed by atoms with Crippen LogP contribution in [-0.4, -0.2) is 21.5 Å². The first kappa shape index (κ1) is 14.7. The molecule has 1 aliphatic carbocycles. The van der Waals surface area contributed by atoms with Gasteiger partial charge in [-0.25, -0.2) is 4.68 Å². The van der Waals surface area contributed by atoms with Gasteiger partial charge in [-0.1, -0.05) is 19.1 Å². The maximum atomic E-state index is 4.25. The lowest BCUT2D eigenvalue weighted by Gasteiger charge is -2.17. The molecule has 0 saturated carbocycles. The van der Waals surface area contributed by atoms with Crippen LogP contribution in [0, 0.1) is 0 Å². The second-order valence-corrected chi connectivity index (χ2v) is 6.85. The largest absolute Gasteiger partial charge is 0.305 e. The number of aromatic nitrogens is 3. The van der Waals surface area contributed by atoms with Crippen molar-refractivity contribution in [1.29, 1.82) is 0 Å². The van der Waals surface area contributed by atoms with Gasteiger partial charge in [-0.2, -0.15) is 0 Å². The Morgan fingerprint density at radius 1 is 1.33 bits per heavy atom. The fourth-order valence-corrected chi connectivity index (χ4v) is 4.43. The molecule has 2 heterocycles. The minimum absolute atomic E-state index is 0.229. The molecule has 0 fully saturated rings. The molecule has 5 heteroatoms. The molecule has 114 valence electrons. The zero-order valence-corrected chi connectivity index (χ0v) is 13.7. The third kappa shape index (κ3) is 3.04. The van der Waals surface area contributed by atoms with Crippen molar-refractivity contribution in [3.8, 4) is 0 Å². The van der Waals surface area contributed by atoms with Crippen molar-refractivity contribution in [3.63, 3.8) is 0 Å². The summed E-state index contributed by atoms with van der Waals surface area (Å²) in [7, 11) is 0. The molecular formula is C16H24N4S. The number of nitrogens with one attached hydrogen (secondary N) is 1. The molecule has 4 nitrogen and oxygen atoms in total. The maximum absolute atomic E-state index is 4.25. The second-order valence-electron chi connectivity index (χ2n) is 5.68. The average Bonchev–Trinajstić information content (AvgIpc) is 3.11. The van der Waals surface area contributed by atoms with Crippen LogP contribution in [0.5, 0.6) is 0 Å². The zero-order chi connectivity index (χ0) is 14.7. The molecule has 0 bridgehead atoms. The van der Waals surface area contributed by atoms with Crippen molar-refractivity contribution < 1.29 is 0 Å². The van der Waals surface area contributed by atoms with Gasteiger partial charge >= 0.3 is 0 Å². The Kier molecular flexibility index (Phi) is 4.70. The smallest absolute Gasteiger partial charge is 0.0858 e. The number of nitrogens with zero attached hydrogens (tertiary/aromatic N) is 3. The van der Waals surface area contributed by atoms with Gasteiger partial charge < -0.3 is 5.32 Å². The lowest BCUT2D eigenvalue weighted by Crippen LogP contribution is -2.24. The predicted octanol–water partition coefficient (Wildman–Crippen LogP) is 3.33. The highest BCUT2D eigenvalue weighted by molar-refractivity contribution is 7.12. The van der Waals surface area contributed by atoms with Gasteiger partial charge in [0, 0.05) is 16.3 Å². The van der Waals surface area contributed by atoms with E-state index < -0.39 is 0 Å². The van der Waals surface area contributed by atoms with Gasteiger partial charge in [0.05, 0.1) is 17.9 Å². The van der Waals surface area contributed by atoms with Crippen molar-refractivity contribution in [2.75, 3.05) is 6.54 Å². The molecule has 0 radical (unpaired) electrons. The summed E-state index contributed by atoms with van der Waals surface area (Å²) in [5.41, 5.74) is 2.76. The van der Waals surface area contributed by atoms with E-state index in [0.29, 0.717) is 0 Å². The summed E-state index contributed by atoms with van der Waals surface area (Å²) in [6, 6.07) is 2.64. The maximum Gasteiger partial charge on any atom is 0.0858 e. The molecule has 3 rings (SSSR count). The third-order valence-corrected chi connectivity index (χ3v) is 5.39. The van der Waals surface area contributed by atoms with E-state index in [1.165, 1.54) is 36.3 Å². The average molecular weight is 304 g/mol. The Bertz CT molecular complexity index is 563. The van der Waals surface area contributed by atoms with Crippen LogP contribution in [-0.2, 0) is 19.4 Å². The van der Waals surface area contributed by atoms with E-state index in [-0.39, 0.29) is 6.04 Å². The van der Waals surface area contributed by atoms with Crippen LogP contribution in [0.3, 0.4) is 0 Å². The van der Waals surface area contributed by atoms with Crippen LogP contribution >= 0.6 is 11.3 Å². The molecule has 1 unspecified atom stereocenters. The van der Waals surface area contributed by atoms with Crippen LogP contribution in [0.2, 0.25) is 0 Å².